The molecule has 0 aliphatic rings. The van der Waals surface area contributed by atoms with Crippen molar-refractivity contribution in [3.63, 3.8) is 0 Å². The number of carboxylic acids is 1. The minimum absolute atomic E-state index is 0. The normalized spacial score (nSPS) is 10.1. The second-order valence-corrected chi connectivity index (χ2v) is 4.40. The van der Waals surface area contributed by atoms with E-state index in [0.29, 0.717) is 11.6 Å². The van der Waals surface area contributed by atoms with E-state index < -0.39 is 17.6 Å². The van der Waals surface area contributed by atoms with Crippen LogP contribution in [0, 0.1) is 5.82 Å². The Kier molecular flexibility index (Phi) is 5.60. The number of aromatic carboxylic acids is 1. The zero-order valence-electron chi connectivity index (χ0n) is 11.8. The summed E-state index contributed by atoms with van der Waals surface area (Å²) < 4.78 is 19.3. The Morgan fingerprint density at radius 2 is 2.00 bits per heavy atom. The third-order valence-corrected chi connectivity index (χ3v) is 2.93. The van der Waals surface area contributed by atoms with E-state index in [-0.39, 0.29) is 41.1 Å². The van der Waals surface area contributed by atoms with E-state index in [1.165, 1.54) is 30.1 Å². The van der Waals surface area contributed by atoms with Crippen molar-refractivity contribution < 1.29 is 19.0 Å². The van der Waals surface area contributed by atoms with Crippen LogP contribution < -0.4 is 4.74 Å². The second kappa shape index (κ2) is 7.47. The number of halogens is 1. The Morgan fingerprint density at radius 1 is 1.21 bits per heavy atom. The number of rotatable bonds is 4. The summed E-state index contributed by atoms with van der Waals surface area (Å²) in [6.07, 6.45) is 2.47. The molecule has 0 aliphatic carbocycles. The van der Waals surface area contributed by atoms with E-state index >= 15 is 0 Å². The summed E-state index contributed by atoms with van der Waals surface area (Å²) in [6, 6.07) is 5.82. The summed E-state index contributed by atoms with van der Waals surface area (Å²) in [5.41, 5.74) is 0.745. The van der Waals surface area contributed by atoms with Gasteiger partial charge in [-0.1, -0.05) is 0 Å². The van der Waals surface area contributed by atoms with Crippen molar-refractivity contribution in [1.29, 1.82) is 0 Å². The van der Waals surface area contributed by atoms with E-state index in [4.69, 9.17) is 9.84 Å². The number of aromatic nitrogens is 5. The maximum absolute atomic E-state index is 13.0. The average Bonchev–Trinajstić information content (AvgIpc) is 3.01. The predicted octanol–water partition coefficient (Wildman–Crippen LogP) is 0.922. The third kappa shape index (κ3) is 3.58. The molecule has 0 spiro atoms. The molecule has 0 amide bonds. The van der Waals surface area contributed by atoms with Gasteiger partial charge >= 0.3 is 35.5 Å². The molecule has 0 aromatic carbocycles. The van der Waals surface area contributed by atoms with Crippen molar-refractivity contribution in [3.8, 4) is 23.1 Å². The first-order chi connectivity index (χ1) is 11.1. The van der Waals surface area contributed by atoms with Crippen LogP contribution in [0.15, 0.2) is 36.7 Å². The fourth-order valence-corrected chi connectivity index (χ4v) is 1.88. The molecule has 8 nitrogen and oxygen atoms in total. The molecular weight excluding hydrogens is 328 g/mol. The van der Waals surface area contributed by atoms with Crippen LogP contribution in [0.4, 0.5) is 4.39 Å². The number of hydrogen-bond donors (Lipinski definition) is 1. The molecule has 0 fully saturated rings. The third-order valence-electron chi connectivity index (χ3n) is 2.93. The molecule has 3 rings (SSSR count). The van der Waals surface area contributed by atoms with Crippen LogP contribution in [0.2, 0.25) is 0 Å². The summed E-state index contributed by atoms with van der Waals surface area (Å²) in [7, 11) is 1.48. The van der Waals surface area contributed by atoms with E-state index in [9.17, 15) is 9.18 Å². The average molecular weight is 339 g/mol. The topological polar surface area (TPSA) is 103 Å². The van der Waals surface area contributed by atoms with Crippen LogP contribution in [-0.4, -0.2) is 72.5 Å². The van der Waals surface area contributed by atoms with Crippen molar-refractivity contribution in [2.75, 3.05) is 7.11 Å². The maximum atomic E-state index is 13.0. The van der Waals surface area contributed by atoms with Gasteiger partial charge in [-0.15, -0.1) is 5.10 Å². The SMILES string of the molecule is COc1ccc(-n2nc(C(=O)O)nc2-c2ccc(F)cn2)cn1.[NaH]. The van der Waals surface area contributed by atoms with Crippen LogP contribution in [0.3, 0.4) is 0 Å². The number of hydrogen-bond acceptors (Lipinski definition) is 6. The molecule has 0 saturated heterocycles. The molecule has 3 aromatic rings. The number of methoxy groups -OCH3 is 1. The van der Waals surface area contributed by atoms with Gasteiger partial charge in [0.25, 0.3) is 5.82 Å². The van der Waals surface area contributed by atoms with E-state index in [2.05, 4.69) is 20.1 Å². The molecule has 0 atom stereocenters. The number of nitrogens with zero attached hydrogens (tertiary/aromatic N) is 5. The Labute approximate surface area is 157 Å². The van der Waals surface area contributed by atoms with Gasteiger partial charge in [-0.2, -0.15) is 4.98 Å². The first-order valence-electron chi connectivity index (χ1n) is 6.41. The number of carboxylic acid groups (broad SMARTS) is 1. The monoisotopic (exact) mass is 339 g/mol. The van der Waals surface area contributed by atoms with Crippen molar-refractivity contribution in [2.45, 2.75) is 0 Å². The molecule has 0 bridgehead atoms. The molecule has 3 heterocycles. The summed E-state index contributed by atoms with van der Waals surface area (Å²) >= 11 is 0. The van der Waals surface area contributed by atoms with Crippen molar-refractivity contribution >= 4 is 35.5 Å². The van der Waals surface area contributed by atoms with Gasteiger partial charge in [-0.05, 0) is 18.2 Å². The van der Waals surface area contributed by atoms with Crippen molar-refractivity contribution in [3.05, 3.63) is 48.3 Å². The van der Waals surface area contributed by atoms with Crippen molar-refractivity contribution in [2.24, 2.45) is 0 Å². The molecule has 0 saturated carbocycles. The first-order valence-corrected chi connectivity index (χ1v) is 6.41. The standard InChI is InChI=1S/C14H10FN5O3.Na.H/c1-23-11-5-3-9(7-17-11)20-13(18-12(19-20)14(21)22)10-4-2-8(15)6-16-10;;/h2-7H,1H3,(H,21,22);;. The molecular formula is C14H11FN5NaO3. The molecule has 3 aromatic heterocycles. The van der Waals surface area contributed by atoms with Gasteiger partial charge in [0.15, 0.2) is 5.82 Å². The van der Waals surface area contributed by atoms with E-state index in [0.717, 1.165) is 6.20 Å². The fraction of sp³-hybridized carbons (Fsp3) is 0.0714. The minimum atomic E-state index is -1.28. The Morgan fingerprint density at radius 3 is 2.54 bits per heavy atom. The number of carbonyl (C=O) groups is 1. The molecule has 0 radical (unpaired) electrons. The fourth-order valence-electron chi connectivity index (χ4n) is 1.88. The molecule has 0 unspecified atom stereocenters. The predicted molar refractivity (Wildman–Crippen MR) is 83.0 cm³/mol. The number of pyridine rings is 2. The summed E-state index contributed by atoms with van der Waals surface area (Å²) in [5, 5.41) is 13.0. The van der Waals surface area contributed by atoms with Gasteiger partial charge in [0.1, 0.15) is 11.5 Å². The summed E-state index contributed by atoms with van der Waals surface area (Å²) in [4.78, 5) is 23.0. The van der Waals surface area contributed by atoms with Crippen LogP contribution in [0.25, 0.3) is 17.2 Å². The van der Waals surface area contributed by atoms with Gasteiger partial charge in [-0.3, -0.25) is 0 Å². The Bertz CT molecular complexity index is 852. The van der Waals surface area contributed by atoms with Gasteiger partial charge in [0, 0.05) is 6.07 Å². The van der Waals surface area contributed by atoms with Crippen LogP contribution in [0.5, 0.6) is 5.88 Å². The second-order valence-electron chi connectivity index (χ2n) is 4.40. The van der Waals surface area contributed by atoms with Crippen LogP contribution in [0.1, 0.15) is 10.6 Å². The summed E-state index contributed by atoms with van der Waals surface area (Å²) in [6.45, 7) is 0. The van der Waals surface area contributed by atoms with Gasteiger partial charge in [-0.25, -0.2) is 23.8 Å². The zero-order valence-corrected chi connectivity index (χ0v) is 11.8. The first kappa shape index (κ1) is 18.0. The zero-order chi connectivity index (χ0) is 16.4. The van der Waals surface area contributed by atoms with Crippen molar-refractivity contribution in [1.82, 2.24) is 24.7 Å². The van der Waals surface area contributed by atoms with Crippen LogP contribution in [-0.2, 0) is 0 Å². The molecule has 1 N–H and O–H groups in total. The number of ether oxygens (including phenoxy) is 1. The van der Waals surface area contributed by atoms with Gasteiger partial charge in [0.2, 0.25) is 5.88 Å². The summed E-state index contributed by atoms with van der Waals surface area (Å²) in [5.74, 6) is -1.64. The molecule has 118 valence electrons. The van der Waals surface area contributed by atoms with Gasteiger partial charge < -0.3 is 9.84 Å². The van der Waals surface area contributed by atoms with E-state index in [1.54, 1.807) is 12.1 Å². The molecule has 24 heavy (non-hydrogen) atoms. The Balaban J connectivity index is 0.00000208. The molecule has 10 heteroatoms. The quantitative estimate of drug-likeness (QED) is 0.705. The van der Waals surface area contributed by atoms with E-state index in [1.807, 2.05) is 0 Å². The molecule has 0 aliphatic heterocycles. The van der Waals surface area contributed by atoms with Crippen LogP contribution >= 0.6 is 0 Å². The van der Waals surface area contributed by atoms with Gasteiger partial charge in [0.05, 0.1) is 25.2 Å². The Hall–Kier alpha value is -2.36.